The molecule has 0 radical (unpaired) electrons. The van der Waals surface area contributed by atoms with Crippen LogP contribution in [0.15, 0.2) is 60.7 Å². The van der Waals surface area contributed by atoms with Gasteiger partial charge in [0.05, 0.1) is 29.2 Å². The first kappa shape index (κ1) is 28.2. The molecule has 2 bridgehead atoms. The van der Waals surface area contributed by atoms with Gasteiger partial charge in [0, 0.05) is 22.2 Å². The van der Waals surface area contributed by atoms with Crippen molar-refractivity contribution in [3.63, 3.8) is 0 Å². The van der Waals surface area contributed by atoms with E-state index in [9.17, 15) is 19.5 Å². The van der Waals surface area contributed by atoms with Crippen LogP contribution in [0.25, 0.3) is 0 Å². The van der Waals surface area contributed by atoms with E-state index < -0.39 is 34.2 Å². The number of alkyl halides is 1. The summed E-state index contributed by atoms with van der Waals surface area (Å²) in [5, 5.41) is 16.6. The Labute approximate surface area is 242 Å². The maximum Gasteiger partial charge on any atom is 0.244 e. The fraction of sp³-hybridized carbons (Fsp3) is 0.500. The molecule has 3 unspecified atom stereocenters. The molecule has 3 aliphatic rings. The number of amides is 3. The average molecular weight is 615 g/mol. The number of benzene rings is 2. The van der Waals surface area contributed by atoms with Gasteiger partial charge in [-0.2, -0.15) is 0 Å². The minimum atomic E-state index is -0.794. The molecule has 9 heteroatoms. The molecule has 3 fully saturated rings. The summed E-state index contributed by atoms with van der Waals surface area (Å²) in [6.07, 6.45) is 1.02. The van der Waals surface area contributed by atoms with E-state index in [2.05, 4.69) is 26.6 Å². The van der Waals surface area contributed by atoms with Gasteiger partial charge in [-0.1, -0.05) is 76.6 Å². The van der Waals surface area contributed by atoms with Crippen LogP contribution in [0.1, 0.15) is 38.3 Å². The zero-order chi connectivity index (χ0) is 27.9. The number of nitrogens with zero attached hydrogens (tertiary/aromatic N) is 1. The molecule has 3 aliphatic heterocycles. The van der Waals surface area contributed by atoms with Crippen LogP contribution in [-0.2, 0) is 27.3 Å². The van der Waals surface area contributed by atoms with Crippen molar-refractivity contribution < 1.29 is 19.5 Å². The average Bonchev–Trinajstić information content (AvgIpc) is 3.49. The number of carbonyl (C=O) groups excluding carboxylic acids is 3. The van der Waals surface area contributed by atoms with Gasteiger partial charge >= 0.3 is 0 Å². The lowest BCUT2D eigenvalue weighted by Gasteiger charge is -2.39. The molecule has 39 heavy (non-hydrogen) atoms. The molecule has 0 aliphatic carbocycles. The fourth-order valence-electron chi connectivity index (χ4n) is 6.54. The van der Waals surface area contributed by atoms with Gasteiger partial charge < -0.3 is 20.6 Å². The summed E-state index contributed by atoms with van der Waals surface area (Å²) >= 11 is 5.41. The Hall–Kier alpha value is -2.36. The highest BCUT2D eigenvalue weighted by Crippen LogP contribution is 2.68. The first-order valence-electron chi connectivity index (χ1n) is 13.5. The maximum atomic E-state index is 14.4. The Morgan fingerprint density at radius 1 is 1.08 bits per heavy atom. The number of carbonyl (C=O) groups is 3. The van der Waals surface area contributed by atoms with E-state index >= 15 is 0 Å². The number of aliphatic hydroxyl groups is 1. The van der Waals surface area contributed by atoms with Crippen molar-refractivity contribution in [2.24, 2.45) is 11.8 Å². The molecule has 7 atom stereocenters. The summed E-state index contributed by atoms with van der Waals surface area (Å²) in [6, 6.07) is 18.0. The largest absolute Gasteiger partial charge is 0.394 e. The summed E-state index contributed by atoms with van der Waals surface area (Å²) in [5.74, 6) is -1.83. The van der Waals surface area contributed by atoms with Gasteiger partial charge in [0.25, 0.3) is 0 Å². The highest BCUT2D eigenvalue weighted by Gasteiger charge is 2.76. The minimum absolute atomic E-state index is 0.00869. The molecule has 2 aromatic rings. The van der Waals surface area contributed by atoms with Crippen LogP contribution in [0.3, 0.4) is 0 Å². The van der Waals surface area contributed by atoms with Crippen LogP contribution in [0.2, 0.25) is 0 Å². The van der Waals surface area contributed by atoms with E-state index in [-0.39, 0.29) is 34.4 Å². The van der Waals surface area contributed by atoms with E-state index in [1.54, 1.807) is 16.7 Å². The molecule has 0 saturated carbocycles. The second-order valence-corrected chi connectivity index (χ2v) is 14.6. The zero-order valence-electron chi connectivity index (χ0n) is 22.5. The number of hydrogen-bond acceptors (Lipinski definition) is 5. The lowest BCUT2D eigenvalue weighted by atomic mass is 9.70. The highest BCUT2D eigenvalue weighted by molar-refractivity contribution is 9.09. The predicted molar refractivity (Wildman–Crippen MR) is 156 cm³/mol. The van der Waals surface area contributed by atoms with Gasteiger partial charge in [0.1, 0.15) is 6.04 Å². The number of thioether (sulfide) groups is 1. The lowest BCUT2D eigenvalue weighted by Crippen LogP contribution is -2.59. The number of nitrogens with one attached hydrogen (secondary N) is 2. The fourth-order valence-corrected chi connectivity index (χ4v) is 10.1. The maximum absolute atomic E-state index is 14.4. The lowest BCUT2D eigenvalue weighted by molar-refractivity contribution is -0.143. The summed E-state index contributed by atoms with van der Waals surface area (Å²) in [6.45, 7) is 5.85. The third-order valence-electron chi connectivity index (χ3n) is 8.00. The van der Waals surface area contributed by atoms with Crippen molar-refractivity contribution in [1.29, 1.82) is 0 Å². The second kappa shape index (κ2) is 10.9. The van der Waals surface area contributed by atoms with E-state index in [1.165, 1.54) is 0 Å². The van der Waals surface area contributed by atoms with Gasteiger partial charge in [-0.3, -0.25) is 14.4 Å². The van der Waals surface area contributed by atoms with Crippen molar-refractivity contribution in [2.75, 3.05) is 6.61 Å². The Kier molecular flexibility index (Phi) is 7.87. The van der Waals surface area contributed by atoms with E-state index in [1.807, 2.05) is 81.4 Å². The first-order chi connectivity index (χ1) is 18.6. The highest BCUT2D eigenvalue weighted by atomic mass is 79.9. The molecule has 3 N–H and O–H groups in total. The van der Waals surface area contributed by atoms with Crippen LogP contribution in [0.5, 0.6) is 0 Å². The Bertz CT molecular complexity index is 1220. The molecule has 7 nitrogen and oxygen atoms in total. The van der Waals surface area contributed by atoms with Gasteiger partial charge in [-0.15, -0.1) is 11.8 Å². The topological polar surface area (TPSA) is 98.7 Å². The van der Waals surface area contributed by atoms with Crippen LogP contribution >= 0.6 is 27.7 Å². The number of hydrogen-bond donors (Lipinski definition) is 3. The molecular formula is C30H36BrN3O4S. The van der Waals surface area contributed by atoms with Gasteiger partial charge in [-0.05, 0) is 44.7 Å². The third-order valence-corrected chi connectivity index (χ3v) is 11.2. The molecule has 3 heterocycles. The summed E-state index contributed by atoms with van der Waals surface area (Å²) in [5.41, 5.74) is 1.45. The van der Waals surface area contributed by atoms with Gasteiger partial charge in [0.2, 0.25) is 17.7 Å². The Morgan fingerprint density at radius 3 is 2.28 bits per heavy atom. The molecular weight excluding hydrogens is 578 g/mol. The Balaban J connectivity index is 1.50. The number of aliphatic hydroxyl groups excluding tert-OH is 1. The van der Waals surface area contributed by atoms with Crippen molar-refractivity contribution in [3.8, 4) is 0 Å². The smallest absolute Gasteiger partial charge is 0.244 e. The SMILES string of the molecule is CC(C)(C)NC(=O)C1N([C@@H](CO)Cc2ccccc2)C(=O)[C@@H]2[C@@H](C(=O)NCc3ccccc3)[C@@H]3SC12CC3Br. The van der Waals surface area contributed by atoms with Gasteiger partial charge in [-0.25, -0.2) is 0 Å². The summed E-state index contributed by atoms with van der Waals surface area (Å²) < 4.78 is -0.760. The van der Waals surface area contributed by atoms with Crippen molar-refractivity contribution in [2.45, 2.75) is 72.6 Å². The number of rotatable bonds is 8. The van der Waals surface area contributed by atoms with Crippen LogP contribution in [0.4, 0.5) is 0 Å². The first-order valence-corrected chi connectivity index (χ1v) is 15.3. The third kappa shape index (κ3) is 5.25. The van der Waals surface area contributed by atoms with Crippen molar-refractivity contribution >= 4 is 45.4 Å². The number of likely N-dealkylation sites (tertiary alicyclic amines) is 1. The summed E-state index contributed by atoms with van der Waals surface area (Å²) in [7, 11) is 0. The van der Waals surface area contributed by atoms with Crippen LogP contribution < -0.4 is 10.6 Å². The standard InChI is InChI=1S/C30H36BrN3O4S/c1-29(2,3)33-27(37)25-30-15-21(31)24(39-30)22(26(36)32-16-19-12-8-5-9-13-19)23(30)28(38)34(25)20(17-35)14-18-10-6-4-7-11-18/h4-13,20-25,35H,14-17H2,1-3H3,(H,32,36)(H,33,37)/t20-,21?,22-,23+,24-,25?,30?/m1/s1. The van der Waals surface area contributed by atoms with Crippen LogP contribution in [-0.4, -0.2) is 66.8 Å². The summed E-state index contributed by atoms with van der Waals surface area (Å²) in [4.78, 5) is 43.7. The van der Waals surface area contributed by atoms with E-state index in [0.29, 0.717) is 19.4 Å². The Morgan fingerprint density at radius 2 is 1.69 bits per heavy atom. The van der Waals surface area contributed by atoms with E-state index in [0.717, 1.165) is 11.1 Å². The second-order valence-electron chi connectivity index (χ2n) is 11.9. The molecule has 1 spiro atoms. The van der Waals surface area contributed by atoms with Crippen molar-refractivity contribution in [3.05, 3.63) is 71.8 Å². The zero-order valence-corrected chi connectivity index (χ0v) is 24.9. The monoisotopic (exact) mass is 613 g/mol. The molecule has 2 aromatic carbocycles. The van der Waals surface area contributed by atoms with Crippen molar-refractivity contribution in [1.82, 2.24) is 15.5 Å². The minimum Gasteiger partial charge on any atom is -0.394 e. The van der Waals surface area contributed by atoms with E-state index in [4.69, 9.17) is 0 Å². The number of halogens is 1. The number of fused-ring (bicyclic) bond motifs is 1. The predicted octanol–water partition coefficient (Wildman–Crippen LogP) is 3.29. The normalized spacial score (nSPS) is 30.2. The molecule has 3 amide bonds. The molecule has 0 aromatic heterocycles. The molecule has 208 valence electrons. The quantitative estimate of drug-likeness (QED) is 0.397. The van der Waals surface area contributed by atoms with Crippen LogP contribution in [0, 0.1) is 11.8 Å². The van der Waals surface area contributed by atoms with Gasteiger partial charge in [0.15, 0.2) is 0 Å². The molecule has 3 saturated heterocycles. The molecule has 5 rings (SSSR count).